The van der Waals surface area contributed by atoms with Gasteiger partial charge in [0.1, 0.15) is 5.69 Å². The summed E-state index contributed by atoms with van der Waals surface area (Å²) in [5.41, 5.74) is 1.12. The van der Waals surface area contributed by atoms with Crippen molar-refractivity contribution in [3.05, 3.63) is 45.6 Å². The summed E-state index contributed by atoms with van der Waals surface area (Å²) < 4.78 is 4.82. The zero-order valence-corrected chi connectivity index (χ0v) is 10.0. The molecule has 0 atom stereocenters. The van der Waals surface area contributed by atoms with Gasteiger partial charge in [-0.15, -0.1) is 0 Å². The number of benzene rings is 1. The summed E-state index contributed by atoms with van der Waals surface area (Å²) in [5.74, 6) is 0.925. The Balaban J connectivity index is 2.19. The summed E-state index contributed by atoms with van der Waals surface area (Å²) in [6.45, 7) is 3.66. The predicted molar refractivity (Wildman–Crippen MR) is 64.2 cm³/mol. The van der Waals surface area contributed by atoms with Gasteiger partial charge in [0.25, 0.3) is 5.69 Å². The molecule has 1 aromatic heterocycles. The maximum atomic E-state index is 11.0. The molecule has 0 saturated carbocycles. The molecular weight excluding hydrogens is 236 g/mol. The largest absolute Gasteiger partial charge is 0.372 e. The zero-order chi connectivity index (χ0) is 13.1. The maximum absolute atomic E-state index is 11.0. The van der Waals surface area contributed by atoms with Gasteiger partial charge in [-0.05, 0) is 13.0 Å². The number of nitrogens with zero attached hydrogens (tertiary/aromatic N) is 3. The summed E-state index contributed by atoms with van der Waals surface area (Å²) in [6, 6.07) is 5.10. The van der Waals surface area contributed by atoms with Gasteiger partial charge in [-0.3, -0.25) is 10.1 Å². The fraction of sp³-hybridized carbons (Fsp3) is 0.273. The van der Waals surface area contributed by atoms with Crippen LogP contribution >= 0.6 is 0 Å². The van der Waals surface area contributed by atoms with Gasteiger partial charge in [0.05, 0.1) is 11.5 Å². The molecule has 7 heteroatoms. The van der Waals surface area contributed by atoms with Crippen LogP contribution < -0.4 is 5.32 Å². The lowest BCUT2D eigenvalue weighted by atomic mass is 10.1. The van der Waals surface area contributed by atoms with E-state index >= 15 is 0 Å². The molecule has 0 saturated heterocycles. The van der Waals surface area contributed by atoms with Crippen LogP contribution in [0, 0.1) is 24.0 Å². The highest BCUT2D eigenvalue weighted by Crippen LogP contribution is 2.27. The highest BCUT2D eigenvalue weighted by atomic mass is 16.6. The van der Waals surface area contributed by atoms with Crippen molar-refractivity contribution in [1.82, 2.24) is 10.1 Å². The third-order valence-corrected chi connectivity index (χ3v) is 2.43. The first kappa shape index (κ1) is 12.0. The number of nitrogens with one attached hydrogen (secondary N) is 1. The normalized spacial score (nSPS) is 10.3. The Morgan fingerprint density at radius 2 is 2.22 bits per heavy atom. The van der Waals surface area contributed by atoms with Crippen LogP contribution in [0.2, 0.25) is 0 Å². The van der Waals surface area contributed by atoms with Gasteiger partial charge >= 0.3 is 0 Å². The van der Waals surface area contributed by atoms with E-state index in [1.54, 1.807) is 32.0 Å². The van der Waals surface area contributed by atoms with Crippen LogP contribution in [-0.4, -0.2) is 15.1 Å². The number of nitro groups is 1. The lowest BCUT2D eigenvalue weighted by Gasteiger charge is -2.06. The number of nitro benzene ring substituents is 1. The molecule has 94 valence electrons. The average Bonchev–Trinajstić information content (AvgIpc) is 2.72. The topological polar surface area (TPSA) is 94.1 Å². The van der Waals surface area contributed by atoms with E-state index in [9.17, 15) is 10.1 Å². The highest BCUT2D eigenvalue weighted by Gasteiger charge is 2.16. The standard InChI is InChI=1S/C11H12N4O3/c1-7-4-3-5-9(11(7)15(16)17)12-6-10-13-8(2)18-14-10/h3-5,12H,6H2,1-2H3. The third-order valence-electron chi connectivity index (χ3n) is 2.43. The highest BCUT2D eigenvalue weighted by molar-refractivity contribution is 5.64. The Labute approximate surface area is 103 Å². The quantitative estimate of drug-likeness (QED) is 0.658. The van der Waals surface area contributed by atoms with Crippen molar-refractivity contribution in [3.8, 4) is 0 Å². The van der Waals surface area contributed by atoms with Crippen LogP contribution in [0.1, 0.15) is 17.3 Å². The van der Waals surface area contributed by atoms with Crippen molar-refractivity contribution in [2.24, 2.45) is 0 Å². The lowest BCUT2D eigenvalue weighted by molar-refractivity contribution is -0.384. The van der Waals surface area contributed by atoms with E-state index in [2.05, 4.69) is 15.5 Å². The predicted octanol–water partition coefficient (Wildman–Crippen LogP) is 2.21. The van der Waals surface area contributed by atoms with E-state index in [-0.39, 0.29) is 12.2 Å². The van der Waals surface area contributed by atoms with Crippen molar-refractivity contribution in [2.45, 2.75) is 20.4 Å². The Hall–Kier alpha value is -2.44. The molecule has 7 nitrogen and oxygen atoms in total. The Morgan fingerprint density at radius 1 is 1.44 bits per heavy atom. The number of aryl methyl sites for hydroxylation is 2. The number of hydrogen-bond donors (Lipinski definition) is 1. The number of hydrogen-bond acceptors (Lipinski definition) is 6. The van der Waals surface area contributed by atoms with Crippen LogP contribution in [0.25, 0.3) is 0 Å². The minimum absolute atomic E-state index is 0.0673. The van der Waals surface area contributed by atoms with Gasteiger partial charge in [-0.25, -0.2) is 0 Å². The second kappa shape index (κ2) is 4.82. The van der Waals surface area contributed by atoms with Crippen molar-refractivity contribution in [3.63, 3.8) is 0 Å². The van der Waals surface area contributed by atoms with E-state index < -0.39 is 4.92 Å². The van der Waals surface area contributed by atoms with E-state index in [1.807, 2.05) is 0 Å². The fourth-order valence-corrected chi connectivity index (χ4v) is 1.63. The molecule has 0 bridgehead atoms. The van der Waals surface area contributed by atoms with Crippen molar-refractivity contribution >= 4 is 11.4 Å². The Morgan fingerprint density at radius 3 is 2.83 bits per heavy atom. The lowest BCUT2D eigenvalue weighted by Crippen LogP contribution is -2.05. The van der Waals surface area contributed by atoms with Crippen molar-refractivity contribution in [2.75, 3.05) is 5.32 Å². The fourth-order valence-electron chi connectivity index (χ4n) is 1.63. The Bertz CT molecular complexity index is 579. The first-order chi connectivity index (χ1) is 8.58. The SMILES string of the molecule is Cc1nc(CNc2cccc(C)c2[N+](=O)[O-])no1. The smallest absolute Gasteiger partial charge is 0.295 e. The van der Waals surface area contributed by atoms with Gasteiger partial charge in [0.2, 0.25) is 5.89 Å². The molecule has 2 aromatic rings. The van der Waals surface area contributed by atoms with E-state index in [1.165, 1.54) is 0 Å². The molecule has 0 unspecified atom stereocenters. The van der Waals surface area contributed by atoms with Gasteiger partial charge < -0.3 is 9.84 Å². The summed E-state index contributed by atoms with van der Waals surface area (Å²) in [6.07, 6.45) is 0. The molecule has 0 spiro atoms. The Kier molecular flexibility index (Phi) is 3.22. The van der Waals surface area contributed by atoms with Crippen LogP contribution in [0.5, 0.6) is 0 Å². The van der Waals surface area contributed by atoms with Crippen molar-refractivity contribution in [1.29, 1.82) is 0 Å². The van der Waals surface area contributed by atoms with E-state index in [0.29, 0.717) is 23.0 Å². The summed E-state index contributed by atoms with van der Waals surface area (Å²) in [5, 5.41) is 17.6. The summed E-state index contributed by atoms with van der Waals surface area (Å²) >= 11 is 0. The molecule has 0 aliphatic heterocycles. The second-order valence-electron chi connectivity index (χ2n) is 3.81. The molecule has 0 aliphatic carbocycles. The molecule has 18 heavy (non-hydrogen) atoms. The summed E-state index contributed by atoms with van der Waals surface area (Å²) in [7, 11) is 0. The molecule has 1 heterocycles. The minimum atomic E-state index is -0.404. The average molecular weight is 248 g/mol. The van der Waals surface area contributed by atoms with Crippen LogP contribution in [0.4, 0.5) is 11.4 Å². The minimum Gasteiger partial charge on any atom is -0.372 e. The number of para-hydroxylation sites is 1. The molecule has 2 rings (SSSR count). The molecular formula is C11H12N4O3. The van der Waals surface area contributed by atoms with Gasteiger partial charge in [-0.2, -0.15) is 4.98 Å². The van der Waals surface area contributed by atoms with Gasteiger partial charge in [0.15, 0.2) is 5.82 Å². The number of aromatic nitrogens is 2. The van der Waals surface area contributed by atoms with Crippen molar-refractivity contribution < 1.29 is 9.45 Å². The monoisotopic (exact) mass is 248 g/mol. The second-order valence-corrected chi connectivity index (χ2v) is 3.81. The molecule has 0 aliphatic rings. The third kappa shape index (κ3) is 2.45. The van der Waals surface area contributed by atoms with E-state index in [4.69, 9.17) is 4.52 Å². The van der Waals surface area contributed by atoms with Crippen LogP contribution in [0.3, 0.4) is 0 Å². The molecule has 1 aromatic carbocycles. The zero-order valence-electron chi connectivity index (χ0n) is 10.0. The van der Waals surface area contributed by atoms with Gasteiger partial charge in [0, 0.05) is 12.5 Å². The summed E-state index contributed by atoms with van der Waals surface area (Å²) in [4.78, 5) is 14.6. The van der Waals surface area contributed by atoms with Gasteiger partial charge in [-0.1, -0.05) is 17.3 Å². The van der Waals surface area contributed by atoms with Crippen LogP contribution in [0.15, 0.2) is 22.7 Å². The number of rotatable bonds is 4. The number of anilines is 1. The molecule has 1 N–H and O–H groups in total. The molecule has 0 radical (unpaired) electrons. The first-order valence-corrected chi connectivity index (χ1v) is 5.35. The first-order valence-electron chi connectivity index (χ1n) is 5.35. The van der Waals surface area contributed by atoms with Crippen LogP contribution in [-0.2, 0) is 6.54 Å². The maximum Gasteiger partial charge on any atom is 0.295 e. The van der Waals surface area contributed by atoms with E-state index in [0.717, 1.165) is 0 Å². The molecule has 0 amide bonds. The molecule has 0 fully saturated rings.